The number of nitrogens with two attached hydrogens (primary N) is 1. The molecule has 1 aliphatic carbocycles. The molecule has 1 saturated heterocycles. The third-order valence-corrected chi connectivity index (χ3v) is 5.81. The topological polar surface area (TPSA) is 101 Å². The molecule has 0 saturated carbocycles. The molecule has 1 fully saturated rings. The molecule has 0 spiro atoms. The van der Waals surface area contributed by atoms with E-state index in [0.717, 1.165) is 67.3 Å². The minimum atomic E-state index is -0.874. The van der Waals surface area contributed by atoms with Gasteiger partial charge in [0.25, 0.3) is 0 Å². The van der Waals surface area contributed by atoms with Crippen LogP contribution in [0.25, 0.3) is 10.9 Å². The quantitative estimate of drug-likeness (QED) is 0.676. The van der Waals surface area contributed by atoms with Gasteiger partial charge < -0.3 is 15.8 Å². The fraction of sp³-hybridized carbons (Fsp3) is 0.409. The number of hydrogen-bond donors (Lipinski definition) is 3. The minimum Gasteiger partial charge on any atom is -0.379 e. The molecule has 2 atom stereocenters. The van der Waals surface area contributed by atoms with Gasteiger partial charge in [0.1, 0.15) is 5.54 Å². The smallest absolute Gasteiger partial charge is 0.174 e. The van der Waals surface area contributed by atoms with E-state index in [1.165, 1.54) is 0 Å². The third kappa shape index (κ3) is 3.75. The lowest BCUT2D eigenvalue weighted by molar-refractivity contribution is 0.0381. The van der Waals surface area contributed by atoms with Crippen molar-refractivity contribution in [2.24, 2.45) is 10.7 Å². The van der Waals surface area contributed by atoms with E-state index in [-0.39, 0.29) is 6.29 Å². The van der Waals surface area contributed by atoms with Crippen LogP contribution in [-0.2, 0) is 10.3 Å². The maximum Gasteiger partial charge on any atom is 0.174 e. The van der Waals surface area contributed by atoms with Crippen LogP contribution in [0.15, 0.2) is 53.3 Å². The zero-order chi connectivity index (χ0) is 20.6. The highest BCUT2D eigenvalue weighted by molar-refractivity contribution is 6.10. The summed E-state index contributed by atoms with van der Waals surface area (Å²) in [4.78, 5) is 16.4. The lowest BCUT2D eigenvalue weighted by atomic mass is 9.91. The van der Waals surface area contributed by atoms with Crippen molar-refractivity contribution in [2.75, 3.05) is 39.4 Å². The van der Waals surface area contributed by atoms with Gasteiger partial charge in [-0.25, -0.2) is 15.0 Å². The molecular formula is C22H27N7O. The summed E-state index contributed by atoms with van der Waals surface area (Å²) in [5.74, 6) is 0.581. The number of aryl methyl sites for hydroxylation is 1. The fourth-order valence-corrected chi connectivity index (χ4v) is 4.05. The molecule has 3 aliphatic rings. The van der Waals surface area contributed by atoms with E-state index in [9.17, 15) is 0 Å². The summed E-state index contributed by atoms with van der Waals surface area (Å²) in [5.41, 5.74) is 9.68. The summed E-state index contributed by atoms with van der Waals surface area (Å²) < 4.78 is 5.40. The van der Waals surface area contributed by atoms with Crippen molar-refractivity contribution in [3.63, 3.8) is 0 Å². The Morgan fingerprint density at radius 3 is 3.07 bits per heavy atom. The van der Waals surface area contributed by atoms with E-state index in [1.807, 2.05) is 49.5 Å². The second-order valence-corrected chi connectivity index (χ2v) is 8.00. The zero-order valence-electron chi connectivity index (χ0n) is 17.1. The van der Waals surface area contributed by atoms with Crippen LogP contribution in [0.3, 0.4) is 0 Å². The zero-order valence-corrected chi connectivity index (χ0v) is 17.1. The Balaban J connectivity index is 1.28. The number of nitrogens with zero attached hydrogens (tertiary/aromatic N) is 4. The van der Waals surface area contributed by atoms with Gasteiger partial charge in [-0.3, -0.25) is 10.2 Å². The first kappa shape index (κ1) is 19.3. The summed E-state index contributed by atoms with van der Waals surface area (Å²) in [6.07, 6.45) is 7.53. The Morgan fingerprint density at radius 1 is 1.33 bits per heavy atom. The van der Waals surface area contributed by atoms with Crippen LogP contribution in [0, 0.1) is 6.92 Å². The first-order valence-electron chi connectivity index (χ1n) is 10.4. The molecule has 1 aromatic heterocycles. The summed E-state index contributed by atoms with van der Waals surface area (Å²) >= 11 is 0. The number of ether oxygens (including phenoxy) is 1. The van der Waals surface area contributed by atoms with Crippen molar-refractivity contribution in [1.82, 2.24) is 25.5 Å². The maximum atomic E-state index is 6.70. The Hall–Kier alpha value is -2.65. The Morgan fingerprint density at radius 2 is 2.20 bits per heavy atom. The van der Waals surface area contributed by atoms with Crippen LogP contribution in [0.5, 0.6) is 0 Å². The number of aromatic nitrogens is 2. The van der Waals surface area contributed by atoms with Crippen LogP contribution in [0.1, 0.15) is 11.4 Å². The maximum absolute atomic E-state index is 6.70. The van der Waals surface area contributed by atoms with Crippen molar-refractivity contribution in [3.05, 3.63) is 59.7 Å². The highest BCUT2D eigenvalue weighted by Gasteiger charge is 2.33. The highest BCUT2D eigenvalue weighted by atomic mass is 16.5. The number of hydrogen-bond acceptors (Lipinski definition) is 8. The molecule has 156 valence electrons. The molecule has 8 heteroatoms. The fourth-order valence-electron chi connectivity index (χ4n) is 4.05. The largest absolute Gasteiger partial charge is 0.379 e. The number of para-hydroxylation sites is 1. The average Bonchev–Trinajstić information content (AvgIpc) is 3.16. The van der Waals surface area contributed by atoms with Gasteiger partial charge in [-0.2, -0.15) is 0 Å². The number of fused-ring (bicyclic) bond motifs is 2. The van der Waals surface area contributed by atoms with Crippen molar-refractivity contribution in [3.8, 4) is 0 Å². The van der Waals surface area contributed by atoms with Crippen molar-refractivity contribution < 1.29 is 4.74 Å². The number of nitrogens with one attached hydrogen (secondary N) is 2. The molecule has 0 radical (unpaired) electrons. The normalized spacial score (nSPS) is 26.3. The molecule has 30 heavy (non-hydrogen) atoms. The highest BCUT2D eigenvalue weighted by Crippen LogP contribution is 2.27. The van der Waals surface area contributed by atoms with Gasteiger partial charge in [0.05, 0.1) is 30.1 Å². The lowest BCUT2D eigenvalue weighted by Crippen LogP contribution is -2.45. The predicted octanol–water partition coefficient (Wildman–Crippen LogP) is 0.796. The number of benzene rings is 1. The first-order valence-corrected chi connectivity index (χ1v) is 10.4. The summed E-state index contributed by atoms with van der Waals surface area (Å²) in [5, 5.41) is 7.89. The molecule has 2 unspecified atom stereocenters. The lowest BCUT2D eigenvalue weighted by Gasteiger charge is -2.27. The second kappa shape index (κ2) is 7.88. The summed E-state index contributed by atoms with van der Waals surface area (Å²) in [7, 11) is 0. The Labute approximate surface area is 175 Å². The van der Waals surface area contributed by atoms with E-state index in [4.69, 9.17) is 20.4 Å². The van der Waals surface area contributed by atoms with Crippen LogP contribution < -0.4 is 16.4 Å². The Kier molecular flexibility index (Phi) is 5.08. The van der Waals surface area contributed by atoms with Gasteiger partial charge >= 0.3 is 0 Å². The van der Waals surface area contributed by atoms with E-state index in [0.29, 0.717) is 5.82 Å². The molecule has 0 amide bonds. The standard InChI is InChI=1S/C22H27N7O/c1-15-3-2-4-16-14-25-20(28-19(15)16)22(23)6-5-17-18(13-22)27-21(26-17)24-7-8-29-9-11-30-12-10-29/h2-6,13-14,21,24,27H,7-12,23H2,1H3. The molecule has 3 heterocycles. The van der Waals surface area contributed by atoms with Gasteiger partial charge in [-0.05, 0) is 24.6 Å². The third-order valence-electron chi connectivity index (χ3n) is 5.81. The number of morpholine rings is 1. The van der Waals surface area contributed by atoms with Crippen molar-refractivity contribution in [1.29, 1.82) is 0 Å². The van der Waals surface area contributed by atoms with Crippen LogP contribution in [-0.4, -0.2) is 66.3 Å². The predicted molar refractivity (Wildman–Crippen MR) is 117 cm³/mol. The SMILES string of the molecule is Cc1cccc2cnc(C3(N)C=CC4=NC(NCCN5CCOCC5)NC4=C3)nc12. The number of rotatable bonds is 5. The molecule has 1 aromatic carbocycles. The van der Waals surface area contributed by atoms with Gasteiger partial charge in [0, 0.05) is 37.8 Å². The molecular weight excluding hydrogens is 378 g/mol. The van der Waals surface area contributed by atoms with Crippen LogP contribution >= 0.6 is 0 Å². The van der Waals surface area contributed by atoms with Gasteiger partial charge in [-0.15, -0.1) is 0 Å². The number of allylic oxidation sites excluding steroid dienone is 1. The molecule has 2 aromatic rings. The van der Waals surface area contributed by atoms with Gasteiger partial charge in [0.15, 0.2) is 12.1 Å². The molecule has 8 nitrogen and oxygen atoms in total. The van der Waals surface area contributed by atoms with E-state index in [1.54, 1.807) is 0 Å². The number of aliphatic imine (C=N–C) groups is 1. The van der Waals surface area contributed by atoms with Crippen molar-refractivity contribution >= 4 is 16.6 Å². The first-order chi connectivity index (χ1) is 14.6. The van der Waals surface area contributed by atoms with Crippen LogP contribution in [0.4, 0.5) is 0 Å². The van der Waals surface area contributed by atoms with E-state index >= 15 is 0 Å². The molecule has 5 rings (SSSR count). The van der Waals surface area contributed by atoms with Crippen LogP contribution in [0.2, 0.25) is 0 Å². The summed E-state index contributed by atoms with van der Waals surface area (Å²) in [6.45, 7) is 7.49. The van der Waals surface area contributed by atoms with Crippen molar-refractivity contribution in [2.45, 2.75) is 18.8 Å². The monoisotopic (exact) mass is 405 g/mol. The van der Waals surface area contributed by atoms with E-state index < -0.39 is 5.54 Å². The van der Waals surface area contributed by atoms with Gasteiger partial charge in [0.2, 0.25) is 0 Å². The molecule has 2 aliphatic heterocycles. The average molecular weight is 406 g/mol. The van der Waals surface area contributed by atoms with E-state index in [2.05, 4.69) is 20.5 Å². The molecule has 4 N–H and O–H groups in total. The Bertz CT molecular complexity index is 1040. The van der Waals surface area contributed by atoms with Gasteiger partial charge in [-0.1, -0.05) is 24.3 Å². The summed E-state index contributed by atoms with van der Waals surface area (Å²) in [6, 6.07) is 6.08. The minimum absolute atomic E-state index is 0.154. The molecule has 0 bridgehead atoms. The second-order valence-electron chi connectivity index (χ2n) is 8.00.